The lowest BCUT2D eigenvalue weighted by molar-refractivity contribution is -0.384. The van der Waals surface area contributed by atoms with Crippen LogP contribution in [0.5, 0.6) is 23.0 Å². The van der Waals surface area contributed by atoms with E-state index in [0.29, 0.717) is 53.8 Å². The number of benzene rings is 5. The Bertz CT molecular complexity index is 2140. The van der Waals surface area contributed by atoms with Crippen molar-refractivity contribution < 1.29 is 33.5 Å². The highest BCUT2D eigenvalue weighted by Crippen LogP contribution is 2.31. The number of carbonyl (C=O) groups is 2. The van der Waals surface area contributed by atoms with Gasteiger partial charge in [-0.2, -0.15) is 10.2 Å². The summed E-state index contributed by atoms with van der Waals surface area (Å²) in [5.74, 6) is 1.25. The average Bonchev–Trinajstić information content (AvgIpc) is 3.30. The van der Waals surface area contributed by atoms with Gasteiger partial charge in [0.2, 0.25) is 0 Å². The van der Waals surface area contributed by atoms with E-state index in [0.717, 1.165) is 75.3 Å². The van der Waals surface area contributed by atoms with Crippen LogP contribution in [0, 0.1) is 10.1 Å². The third-order valence-corrected chi connectivity index (χ3v) is 10.5. The van der Waals surface area contributed by atoms with E-state index >= 15 is 0 Å². The molecule has 332 valence electrons. The fraction of sp³-hybridized carbons (Fsp3) is 0.385. The van der Waals surface area contributed by atoms with E-state index in [9.17, 15) is 19.7 Å². The molecule has 0 unspecified atom stereocenters. The molecular weight excluding hydrogens is 795 g/mol. The minimum Gasteiger partial charge on any atom is -0.494 e. The van der Waals surface area contributed by atoms with Crippen LogP contribution in [0.2, 0.25) is 0 Å². The maximum atomic E-state index is 13.2. The Morgan fingerprint density at radius 2 is 1.03 bits per heavy atom. The second-order valence-corrected chi connectivity index (χ2v) is 15.7. The van der Waals surface area contributed by atoms with E-state index in [1.807, 2.05) is 42.5 Å². The molecule has 0 atom stereocenters. The summed E-state index contributed by atoms with van der Waals surface area (Å²) >= 11 is 0. The van der Waals surface area contributed by atoms with Crippen LogP contribution in [-0.4, -0.2) is 30.1 Å². The standard InChI is InChI=1S/C52H61N3O8/c1-2-3-4-5-6-10-13-19-36-60-47-32-26-43(27-33-47)52(57)63-50-39-45(54-53-44-28-30-46(31-29-44)55(58)59)38-49(40-50)61-37-20-14-11-8-7-9-12-18-23-51(56)62-48-34-24-42(25-35-48)41-21-16-15-17-22-41/h15-17,21-22,24-35,38-40H,2-14,18-20,23,36-37H2,1H3. The highest BCUT2D eigenvalue weighted by Gasteiger charge is 2.13. The Labute approximate surface area is 372 Å². The Hall–Kier alpha value is -6.36. The lowest BCUT2D eigenvalue weighted by atomic mass is 10.1. The Balaban J connectivity index is 1.01. The zero-order chi connectivity index (χ0) is 44.3. The highest BCUT2D eigenvalue weighted by atomic mass is 16.6. The van der Waals surface area contributed by atoms with Gasteiger partial charge in [-0.3, -0.25) is 14.9 Å². The molecule has 11 nitrogen and oxygen atoms in total. The maximum Gasteiger partial charge on any atom is 0.343 e. The number of nitro benzene ring substituents is 1. The lowest BCUT2D eigenvalue weighted by Gasteiger charge is -2.11. The first-order valence-corrected chi connectivity index (χ1v) is 22.6. The van der Waals surface area contributed by atoms with Gasteiger partial charge < -0.3 is 18.9 Å². The average molecular weight is 856 g/mol. The van der Waals surface area contributed by atoms with Crippen molar-refractivity contribution in [3.05, 3.63) is 137 Å². The molecule has 0 saturated heterocycles. The molecule has 11 heteroatoms. The molecule has 63 heavy (non-hydrogen) atoms. The monoisotopic (exact) mass is 855 g/mol. The van der Waals surface area contributed by atoms with Crippen LogP contribution >= 0.6 is 0 Å². The summed E-state index contributed by atoms with van der Waals surface area (Å²) < 4.78 is 23.3. The first-order valence-electron chi connectivity index (χ1n) is 22.6. The largest absolute Gasteiger partial charge is 0.494 e. The van der Waals surface area contributed by atoms with E-state index in [2.05, 4.69) is 29.3 Å². The van der Waals surface area contributed by atoms with Gasteiger partial charge >= 0.3 is 11.9 Å². The van der Waals surface area contributed by atoms with Gasteiger partial charge in [0.25, 0.3) is 5.69 Å². The van der Waals surface area contributed by atoms with Crippen LogP contribution in [0.1, 0.15) is 126 Å². The van der Waals surface area contributed by atoms with E-state index in [1.165, 1.54) is 62.8 Å². The minimum atomic E-state index is -0.537. The molecule has 0 aromatic heterocycles. The molecule has 0 amide bonds. The first kappa shape index (κ1) is 47.7. The summed E-state index contributed by atoms with van der Waals surface area (Å²) in [6.07, 6.45) is 18.2. The van der Waals surface area contributed by atoms with Crippen molar-refractivity contribution in [1.82, 2.24) is 0 Å². The Morgan fingerprint density at radius 1 is 0.508 bits per heavy atom. The normalized spacial score (nSPS) is 11.1. The number of nitro groups is 1. The molecule has 0 heterocycles. The number of hydrogen-bond donors (Lipinski definition) is 0. The fourth-order valence-corrected chi connectivity index (χ4v) is 6.94. The molecule has 0 aliphatic heterocycles. The Kier molecular flexibility index (Phi) is 20.9. The van der Waals surface area contributed by atoms with Crippen molar-refractivity contribution in [3.63, 3.8) is 0 Å². The van der Waals surface area contributed by atoms with Crippen LogP contribution in [0.15, 0.2) is 132 Å². The van der Waals surface area contributed by atoms with Crippen molar-refractivity contribution in [1.29, 1.82) is 0 Å². The van der Waals surface area contributed by atoms with Crippen molar-refractivity contribution in [2.75, 3.05) is 13.2 Å². The number of hydrogen-bond acceptors (Lipinski definition) is 10. The van der Waals surface area contributed by atoms with Crippen molar-refractivity contribution >= 4 is 29.0 Å². The maximum absolute atomic E-state index is 13.2. The molecular formula is C52H61N3O8. The number of esters is 2. The topological polar surface area (TPSA) is 139 Å². The van der Waals surface area contributed by atoms with E-state index < -0.39 is 10.9 Å². The quantitative estimate of drug-likeness (QED) is 0.0116. The molecule has 0 aliphatic rings. The van der Waals surface area contributed by atoms with E-state index in [-0.39, 0.29) is 17.4 Å². The number of carbonyl (C=O) groups excluding carboxylic acids is 2. The van der Waals surface area contributed by atoms with Gasteiger partial charge in [-0.15, -0.1) is 0 Å². The van der Waals surface area contributed by atoms with Gasteiger partial charge in [-0.05, 0) is 78.9 Å². The van der Waals surface area contributed by atoms with Gasteiger partial charge in [0, 0.05) is 36.8 Å². The molecule has 5 aromatic rings. The van der Waals surface area contributed by atoms with E-state index in [4.69, 9.17) is 18.9 Å². The number of ether oxygens (including phenoxy) is 4. The molecule has 0 radical (unpaired) electrons. The second-order valence-electron chi connectivity index (χ2n) is 15.7. The van der Waals surface area contributed by atoms with Gasteiger partial charge in [0.15, 0.2) is 0 Å². The van der Waals surface area contributed by atoms with Crippen LogP contribution < -0.4 is 18.9 Å². The Morgan fingerprint density at radius 3 is 1.65 bits per heavy atom. The summed E-state index contributed by atoms with van der Waals surface area (Å²) in [4.78, 5) is 36.1. The fourth-order valence-electron chi connectivity index (χ4n) is 6.94. The molecule has 5 aromatic carbocycles. The number of nitrogens with zero attached hydrogens (tertiary/aromatic N) is 3. The molecule has 0 spiro atoms. The number of unbranched alkanes of at least 4 members (excludes halogenated alkanes) is 14. The third-order valence-electron chi connectivity index (χ3n) is 10.5. The van der Waals surface area contributed by atoms with Gasteiger partial charge in [-0.25, -0.2) is 4.79 Å². The lowest BCUT2D eigenvalue weighted by Crippen LogP contribution is -2.08. The summed E-state index contributed by atoms with van der Waals surface area (Å²) in [7, 11) is 0. The molecule has 0 fully saturated rings. The van der Waals surface area contributed by atoms with Crippen LogP contribution in [0.25, 0.3) is 11.1 Å². The summed E-state index contributed by atoms with van der Waals surface area (Å²) in [6.45, 7) is 3.33. The first-order chi connectivity index (χ1) is 30.9. The molecule has 0 aliphatic carbocycles. The minimum absolute atomic E-state index is 0.0432. The molecule has 5 rings (SSSR count). The molecule has 0 saturated carbocycles. The van der Waals surface area contributed by atoms with Gasteiger partial charge in [-0.1, -0.05) is 133 Å². The van der Waals surface area contributed by atoms with Crippen molar-refractivity contribution in [3.8, 4) is 34.1 Å². The van der Waals surface area contributed by atoms with Crippen molar-refractivity contribution in [2.45, 2.75) is 116 Å². The summed E-state index contributed by atoms with van der Waals surface area (Å²) in [5, 5.41) is 19.6. The number of rotatable bonds is 29. The molecule has 0 N–H and O–H groups in total. The van der Waals surface area contributed by atoms with E-state index in [1.54, 1.807) is 42.5 Å². The summed E-state index contributed by atoms with van der Waals surface area (Å²) in [6, 6.07) is 35.3. The van der Waals surface area contributed by atoms with Gasteiger partial charge in [0.1, 0.15) is 23.0 Å². The molecule has 0 bridgehead atoms. The van der Waals surface area contributed by atoms with Crippen molar-refractivity contribution in [2.24, 2.45) is 10.2 Å². The van der Waals surface area contributed by atoms with Crippen LogP contribution in [0.3, 0.4) is 0 Å². The SMILES string of the molecule is CCCCCCCCCCOc1ccc(C(=O)Oc2cc(N=Nc3ccc([N+](=O)[O-])cc3)cc(OCCCCCCCCCCC(=O)Oc3ccc(-c4ccccc4)cc3)c2)cc1. The van der Waals surface area contributed by atoms with Crippen LogP contribution in [-0.2, 0) is 4.79 Å². The van der Waals surface area contributed by atoms with Gasteiger partial charge in [0.05, 0.1) is 35.1 Å². The second kappa shape index (κ2) is 27.6. The predicted molar refractivity (Wildman–Crippen MR) is 248 cm³/mol. The number of non-ortho nitro benzene ring substituents is 1. The zero-order valence-electron chi connectivity index (χ0n) is 36.6. The third kappa shape index (κ3) is 18.3. The van der Waals surface area contributed by atoms with Crippen LogP contribution in [0.4, 0.5) is 17.1 Å². The number of azo groups is 1. The highest BCUT2D eigenvalue weighted by molar-refractivity contribution is 5.91. The smallest absolute Gasteiger partial charge is 0.343 e. The summed E-state index contributed by atoms with van der Waals surface area (Å²) in [5.41, 5.74) is 3.36. The predicted octanol–water partition coefficient (Wildman–Crippen LogP) is 14.9. The zero-order valence-corrected chi connectivity index (χ0v) is 36.6.